The second kappa shape index (κ2) is 6.30. The van der Waals surface area contributed by atoms with E-state index in [1.54, 1.807) is 20.8 Å². The minimum Gasteiger partial charge on any atom is -0.486 e. The van der Waals surface area contributed by atoms with E-state index in [9.17, 15) is 4.79 Å². The molecule has 1 aromatic heterocycles. The number of hydrogen-bond donors (Lipinski definition) is 0. The van der Waals surface area contributed by atoms with Crippen LogP contribution in [0, 0.1) is 0 Å². The molecule has 2 rings (SSSR count). The monoisotopic (exact) mass is 352 g/mol. The van der Waals surface area contributed by atoms with Crippen LogP contribution in [0.15, 0.2) is 41.1 Å². The summed E-state index contributed by atoms with van der Waals surface area (Å²) in [7, 11) is 0. The lowest BCUT2D eigenvalue weighted by atomic mass is 10.2. The number of carbonyl (C=O) groups is 1. The third-order valence-electron chi connectivity index (χ3n) is 2.46. The Kier molecular flexibility index (Phi) is 4.67. The van der Waals surface area contributed by atoms with E-state index in [0.29, 0.717) is 12.4 Å². The number of rotatable bonds is 3. The van der Waals surface area contributed by atoms with Crippen molar-refractivity contribution in [3.8, 4) is 5.75 Å². The number of hydrogen-bond acceptors (Lipinski definition) is 4. The maximum Gasteiger partial charge on any atom is 0.435 e. The molecule has 5 nitrogen and oxygen atoms in total. The second-order valence-corrected chi connectivity index (χ2v) is 6.43. The molecule has 0 unspecified atom stereocenters. The van der Waals surface area contributed by atoms with E-state index >= 15 is 0 Å². The summed E-state index contributed by atoms with van der Waals surface area (Å²) in [5.74, 6) is 0.517. The topological polar surface area (TPSA) is 53.4 Å². The van der Waals surface area contributed by atoms with E-state index in [4.69, 9.17) is 9.47 Å². The van der Waals surface area contributed by atoms with Crippen molar-refractivity contribution in [3.63, 3.8) is 0 Å². The molecule has 112 valence electrons. The molecule has 0 aliphatic carbocycles. The van der Waals surface area contributed by atoms with E-state index in [1.165, 1.54) is 12.4 Å². The number of nitrogens with zero attached hydrogens (tertiary/aromatic N) is 2. The quantitative estimate of drug-likeness (QED) is 0.837. The molecule has 0 saturated carbocycles. The molecule has 0 amide bonds. The maximum atomic E-state index is 11.8. The van der Waals surface area contributed by atoms with Crippen molar-refractivity contribution in [2.24, 2.45) is 0 Å². The highest BCUT2D eigenvalue weighted by atomic mass is 79.9. The summed E-state index contributed by atoms with van der Waals surface area (Å²) in [5.41, 5.74) is 0.477. The number of carbonyl (C=O) groups excluding carboxylic acids is 1. The van der Waals surface area contributed by atoms with E-state index in [2.05, 4.69) is 21.0 Å². The molecule has 0 aliphatic heterocycles. The van der Waals surface area contributed by atoms with Gasteiger partial charge in [0.1, 0.15) is 12.2 Å². The minimum absolute atomic E-state index is 0.410. The number of halogens is 1. The second-order valence-electron chi connectivity index (χ2n) is 5.52. The summed E-state index contributed by atoms with van der Waals surface area (Å²) >= 11 is 3.38. The van der Waals surface area contributed by atoms with Gasteiger partial charge in [0.2, 0.25) is 0 Å². The van der Waals surface area contributed by atoms with Crippen LogP contribution >= 0.6 is 15.9 Å². The summed E-state index contributed by atoms with van der Waals surface area (Å²) in [6.45, 7) is 5.82. The standard InChI is InChI=1S/C15H17BrN2O3/c1-15(2,3)21-14(19)18-9-13(8-17-18)20-10-11-4-6-12(16)7-5-11/h4-9H,10H2,1-3H3. The third kappa shape index (κ3) is 4.90. The van der Waals surface area contributed by atoms with Gasteiger partial charge in [0.25, 0.3) is 0 Å². The van der Waals surface area contributed by atoms with Crippen molar-refractivity contribution < 1.29 is 14.3 Å². The molecule has 1 heterocycles. The first kappa shape index (κ1) is 15.6. The highest BCUT2D eigenvalue weighted by Gasteiger charge is 2.18. The molecule has 0 bridgehead atoms. The summed E-state index contributed by atoms with van der Waals surface area (Å²) in [6.07, 6.45) is 2.47. The molecule has 0 aliphatic rings. The Bertz CT molecular complexity index is 615. The van der Waals surface area contributed by atoms with Crippen molar-refractivity contribution in [2.75, 3.05) is 0 Å². The zero-order valence-electron chi connectivity index (χ0n) is 12.2. The normalized spacial score (nSPS) is 11.2. The molecule has 0 fully saturated rings. The van der Waals surface area contributed by atoms with Gasteiger partial charge >= 0.3 is 6.09 Å². The number of benzene rings is 1. The summed E-state index contributed by atoms with van der Waals surface area (Å²) in [4.78, 5) is 11.8. The highest BCUT2D eigenvalue weighted by Crippen LogP contribution is 2.15. The van der Waals surface area contributed by atoms with Gasteiger partial charge in [-0.2, -0.15) is 9.78 Å². The molecule has 1 aromatic carbocycles. The SMILES string of the molecule is CC(C)(C)OC(=O)n1cc(OCc2ccc(Br)cc2)cn1. The molecular weight excluding hydrogens is 336 g/mol. The van der Waals surface area contributed by atoms with Gasteiger partial charge < -0.3 is 9.47 Å². The summed E-state index contributed by atoms with van der Waals surface area (Å²) < 4.78 is 12.9. The fourth-order valence-corrected chi connectivity index (χ4v) is 1.80. The van der Waals surface area contributed by atoms with Gasteiger partial charge in [-0.15, -0.1) is 0 Å². The van der Waals surface area contributed by atoms with E-state index < -0.39 is 11.7 Å². The Hall–Kier alpha value is -1.82. The Morgan fingerprint density at radius 3 is 2.57 bits per heavy atom. The van der Waals surface area contributed by atoms with Gasteiger partial charge in [-0.05, 0) is 38.5 Å². The van der Waals surface area contributed by atoms with Gasteiger partial charge in [-0.3, -0.25) is 0 Å². The molecule has 0 atom stereocenters. The average molecular weight is 353 g/mol. The van der Waals surface area contributed by atoms with Crippen LogP contribution in [0.4, 0.5) is 4.79 Å². The van der Waals surface area contributed by atoms with Gasteiger partial charge in [-0.25, -0.2) is 4.79 Å². The third-order valence-corrected chi connectivity index (χ3v) is 2.99. The van der Waals surface area contributed by atoms with Crippen LogP contribution in [0.25, 0.3) is 0 Å². The summed E-state index contributed by atoms with van der Waals surface area (Å²) in [5, 5.41) is 3.94. The lowest BCUT2D eigenvalue weighted by Gasteiger charge is -2.18. The summed E-state index contributed by atoms with van der Waals surface area (Å²) in [6, 6.07) is 7.82. The van der Waals surface area contributed by atoms with Crippen molar-refractivity contribution >= 4 is 22.0 Å². The Labute approximate surface area is 132 Å². The van der Waals surface area contributed by atoms with Gasteiger partial charge in [0.15, 0.2) is 5.75 Å². The molecule has 2 aromatic rings. The Morgan fingerprint density at radius 2 is 1.95 bits per heavy atom. The number of ether oxygens (including phenoxy) is 2. The maximum absolute atomic E-state index is 11.8. The van der Waals surface area contributed by atoms with Crippen LogP contribution in [-0.2, 0) is 11.3 Å². The molecule has 0 N–H and O–H groups in total. The van der Waals surface area contributed by atoms with Crippen LogP contribution in [0.5, 0.6) is 5.75 Å². The van der Waals surface area contributed by atoms with Crippen molar-refractivity contribution in [3.05, 3.63) is 46.7 Å². The van der Waals surface area contributed by atoms with E-state index in [1.807, 2.05) is 24.3 Å². The first-order valence-corrected chi connectivity index (χ1v) is 7.28. The van der Waals surface area contributed by atoms with Crippen molar-refractivity contribution in [1.29, 1.82) is 0 Å². The molecule has 0 spiro atoms. The van der Waals surface area contributed by atoms with E-state index in [0.717, 1.165) is 14.7 Å². The molecule has 0 saturated heterocycles. The minimum atomic E-state index is -0.554. The average Bonchev–Trinajstić information content (AvgIpc) is 2.85. The smallest absolute Gasteiger partial charge is 0.435 e. The van der Waals surface area contributed by atoms with Crippen LogP contribution in [0.1, 0.15) is 26.3 Å². The Balaban J connectivity index is 1.94. The number of aromatic nitrogens is 2. The molecule has 21 heavy (non-hydrogen) atoms. The van der Waals surface area contributed by atoms with Crippen LogP contribution in [0.3, 0.4) is 0 Å². The molecule has 0 radical (unpaired) electrons. The zero-order chi connectivity index (χ0) is 15.5. The predicted octanol–water partition coefficient (Wildman–Crippen LogP) is 4.01. The van der Waals surface area contributed by atoms with Crippen molar-refractivity contribution in [1.82, 2.24) is 9.78 Å². The van der Waals surface area contributed by atoms with Gasteiger partial charge in [-0.1, -0.05) is 28.1 Å². The first-order valence-electron chi connectivity index (χ1n) is 6.49. The Morgan fingerprint density at radius 1 is 1.29 bits per heavy atom. The fourth-order valence-electron chi connectivity index (χ4n) is 1.54. The van der Waals surface area contributed by atoms with Crippen LogP contribution in [-0.4, -0.2) is 21.5 Å². The van der Waals surface area contributed by atoms with Gasteiger partial charge in [0, 0.05) is 4.47 Å². The predicted molar refractivity (Wildman–Crippen MR) is 82.3 cm³/mol. The van der Waals surface area contributed by atoms with Crippen LogP contribution in [0.2, 0.25) is 0 Å². The van der Waals surface area contributed by atoms with E-state index in [-0.39, 0.29) is 0 Å². The largest absolute Gasteiger partial charge is 0.486 e. The lowest BCUT2D eigenvalue weighted by Crippen LogP contribution is -2.27. The van der Waals surface area contributed by atoms with Crippen molar-refractivity contribution in [2.45, 2.75) is 33.0 Å². The molecule has 6 heteroatoms. The highest BCUT2D eigenvalue weighted by molar-refractivity contribution is 9.10. The zero-order valence-corrected chi connectivity index (χ0v) is 13.8. The first-order chi connectivity index (χ1) is 9.83. The molecular formula is C15H17BrN2O3. The van der Waals surface area contributed by atoms with Crippen LogP contribution < -0.4 is 4.74 Å². The van der Waals surface area contributed by atoms with Gasteiger partial charge in [0.05, 0.1) is 12.4 Å². The fraction of sp³-hybridized carbons (Fsp3) is 0.333. The lowest BCUT2D eigenvalue weighted by molar-refractivity contribution is 0.0514.